The van der Waals surface area contributed by atoms with Gasteiger partial charge in [0.1, 0.15) is 0 Å². The van der Waals surface area contributed by atoms with Crippen molar-refractivity contribution in [3.63, 3.8) is 0 Å². The number of aliphatic carboxylic acids is 1. The lowest BCUT2D eigenvalue weighted by atomic mass is 10.2. The Morgan fingerprint density at radius 1 is 1.27 bits per heavy atom. The van der Waals surface area contributed by atoms with Gasteiger partial charge in [0.05, 0.1) is 5.76 Å². The molecule has 0 spiro atoms. The topological polar surface area (TPSA) is 74.6 Å². The van der Waals surface area contributed by atoms with E-state index in [1.807, 2.05) is 0 Å². The Morgan fingerprint density at radius 2 is 1.82 bits per heavy atom. The fourth-order valence-corrected chi connectivity index (χ4v) is 0.693. The molecule has 1 saturated carbocycles. The van der Waals surface area contributed by atoms with E-state index in [0.717, 1.165) is 18.9 Å². The number of aliphatic hydroxyl groups excluding tert-OH is 1. The Kier molecular flexibility index (Phi) is 1.94. The van der Waals surface area contributed by atoms with Gasteiger partial charge in [-0.05, 0) is 12.8 Å². The van der Waals surface area contributed by atoms with Crippen molar-refractivity contribution in [3.8, 4) is 0 Å². The highest BCUT2D eigenvalue weighted by Gasteiger charge is 2.27. The number of allylic oxidation sites excluding steroid dienone is 1. The first-order valence-electron chi connectivity index (χ1n) is 3.29. The zero-order valence-corrected chi connectivity index (χ0v) is 5.78. The molecule has 0 aromatic carbocycles. The lowest BCUT2D eigenvalue weighted by molar-refractivity contribution is -0.146. The highest BCUT2D eigenvalue weighted by atomic mass is 16.4. The van der Waals surface area contributed by atoms with Gasteiger partial charge in [0.2, 0.25) is 0 Å². The number of hydrogen-bond acceptors (Lipinski definition) is 3. The van der Waals surface area contributed by atoms with Crippen LogP contribution in [0.4, 0.5) is 0 Å². The quantitative estimate of drug-likeness (QED) is 0.354. The number of carboxylic acid groups (broad SMARTS) is 1. The first kappa shape index (κ1) is 7.78. The summed E-state index contributed by atoms with van der Waals surface area (Å²) in [6.45, 7) is 0. The molecule has 0 bridgehead atoms. The standard InChI is InChI=1S/C7H8O4/c8-5(4-1-2-4)3-6(9)7(10)11/h3-4,8H,1-2H2,(H,10,11). The van der Waals surface area contributed by atoms with Gasteiger partial charge < -0.3 is 10.2 Å². The van der Waals surface area contributed by atoms with Crippen molar-refractivity contribution in [2.24, 2.45) is 5.92 Å². The van der Waals surface area contributed by atoms with Crippen molar-refractivity contribution < 1.29 is 19.8 Å². The molecule has 4 heteroatoms. The minimum absolute atomic E-state index is 0.0262. The molecule has 1 fully saturated rings. The first-order valence-corrected chi connectivity index (χ1v) is 3.29. The average Bonchev–Trinajstić information content (AvgIpc) is 2.67. The van der Waals surface area contributed by atoms with Gasteiger partial charge in [0.25, 0.3) is 5.78 Å². The molecule has 0 aromatic heterocycles. The third kappa shape index (κ3) is 2.07. The Labute approximate surface area is 63.1 Å². The van der Waals surface area contributed by atoms with E-state index < -0.39 is 11.8 Å². The third-order valence-electron chi connectivity index (χ3n) is 1.49. The van der Waals surface area contributed by atoms with Crippen LogP contribution in [0, 0.1) is 5.92 Å². The fraction of sp³-hybridized carbons (Fsp3) is 0.429. The molecular formula is C7H8O4. The second-order valence-corrected chi connectivity index (χ2v) is 2.51. The van der Waals surface area contributed by atoms with Crippen LogP contribution in [0.2, 0.25) is 0 Å². The van der Waals surface area contributed by atoms with Gasteiger partial charge in [-0.25, -0.2) is 4.79 Å². The molecule has 60 valence electrons. The molecule has 2 N–H and O–H groups in total. The molecule has 0 aliphatic heterocycles. The number of ketones is 1. The molecular weight excluding hydrogens is 148 g/mol. The first-order chi connectivity index (χ1) is 5.11. The minimum atomic E-state index is -1.53. The van der Waals surface area contributed by atoms with E-state index >= 15 is 0 Å². The maximum Gasteiger partial charge on any atom is 0.376 e. The Hall–Kier alpha value is -1.32. The molecule has 11 heavy (non-hydrogen) atoms. The summed E-state index contributed by atoms with van der Waals surface area (Å²) < 4.78 is 0. The predicted octanol–water partition coefficient (Wildman–Crippen LogP) is 0.492. The summed E-state index contributed by atoms with van der Waals surface area (Å²) >= 11 is 0. The van der Waals surface area contributed by atoms with Crippen LogP contribution in [-0.2, 0) is 9.59 Å². The van der Waals surface area contributed by atoms with E-state index in [2.05, 4.69) is 0 Å². The molecule has 1 aliphatic rings. The van der Waals surface area contributed by atoms with Crippen molar-refractivity contribution >= 4 is 11.8 Å². The van der Waals surface area contributed by atoms with Crippen molar-refractivity contribution in [2.45, 2.75) is 12.8 Å². The molecule has 0 amide bonds. The Morgan fingerprint density at radius 3 is 2.18 bits per heavy atom. The lowest BCUT2D eigenvalue weighted by Gasteiger charge is -1.91. The van der Waals surface area contributed by atoms with Crippen molar-refractivity contribution in [2.75, 3.05) is 0 Å². The Bertz CT molecular complexity index is 225. The summed E-state index contributed by atoms with van der Waals surface area (Å²) in [4.78, 5) is 20.4. The van der Waals surface area contributed by atoms with Crippen molar-refractivity contribution in [1.29, 1.82) is 0 Å². The minimum Gasteiger partial charge on any atom is -0.512 e. The number of rotatable bonds is 3. The monoisotopic (exact) mass is 156 g/mol. The second-order valence-electron chi connectivity index (χ2n) is 2.51. The average molecular weight is 156 g/mol. The summed E-state index contributed by atoms with van der Waals surface area (Å²) in [7, 11) is 0. The lowest BCUT2D eigenvalue weighted by Crippen LogP contribution is -2.10. The van der Waals surface area contributed by atoms with Crippen LogP contribution in [0.5, 0.6) is 0 Å². The SMILES string of the molecule is O=C(O)C(=O)C=C(O)C1CC1. The van der Waals surface area contributed by atoms with E-state index in [1.165, 1.54) is 0 Å². The fourth-order valence-electron chi connectivity index (χ4n) is 0.693. The maximum absolute atomic E-state index is 10.4. The molecule has 0 atom stereocenters. The van der Waals surface area contributed by atoms with Crippen LogP contribution >= 0.6 is 0 Å². The van der Waals surface area contributed by atoms with Crippen LogP contribution in [0.15, 0.2) is 11.8 Å². The van der Waals surface area contributed by atoms with E-state index in [-0.39, 0.29) is 11.7 Å². The summed E-state index contributed by atoms with van der Waals surface area (Å²) in [5.74, 6) is -2.66. The zero-order chi connectivity index (χ0) is 8.43. The van der Waals surface area contributed by atoms with Gasteiger partial charge in [-0.3, -0.25) is 4.79 Å². The van der Waals surface area contributed by atoms with Gasteiger partial charge in [0.15, 0.2) is 0 Å². The van der Waals surface area contributed by atoms with Crippen molar-refractivity contribution in [1.82, 2.24) is 0 Å². The molecule has 0 unspecified atom stereocenters. The van der Waals surface area contributed by atoms with E-state index in [4.69, 9.17) is 10.2 Å². The van der Waals surface area contributed by atoms with Crippen LogP contribution in [0.1, 0.15) is 12.8 Å². The van der Waals surface area contributed by atoms with Gasteiger partial charge in [-0.15, -0.1) is 0 Å². The number of carbonyl (C=O) groups excluding carboxylic acids is 1. The largest absolute Gasteiger partial charge is 0.512 e. The van der Waals surface area contributed by atoms with Crippen LogP contribution < -0.4 is 0 Å². The predicted molar refractivity (Wildman–Crippen MR) is 36.1 cm³/mol. The van der Waals surface area contributed by atoms with E-state index in [1.54, 1.807) is 0 Å². The number of carboxylic acids is 1. The molecule has 0 aromatic rings. The normalized spacial score (nSPS) is 18.0. The van der Waals surface area contributed by atoms with E-state index in [9.17, 15) is 9.59 Å². The maximum atomic E-state index is 10.4. The summed E-state index contributed by atoms with van der Waals surface area (Å²) in [6.07, 6.45) is 2.46. The second kappa shape index (κ2) is 2.74. The summed E-state index contributed by atoms with van der Waals surface area (Å²) in [5.41, 5.74) is 0. The summed E-state index contributed by atoms with van der Waals surface area (Å²) in [5, 5.41) is 17.1. The summed E-state index contributed by atoms with van der Waals surface area (Å²) in [6, 6.07) is 0. The van der Waals surface area contributed by atoms with Crippen LogP contribution in [0.25, 0.3) is 0 Å². The van der Waals surface area contributed by atoms with Crippen molar-refractivity contribution in [3.05, 3.63) is 11.8 Å². The smallest absolute Gasteiger partial charge is 0.376 e. The van der Waals surface area contributed by atoms with Gasteiger partial charge >= 0.3 is 5.97 Å². The molecule has 1 aliphatic carbocycles. The molecule has 0 heterocycles. The van der Waals surface area contributed by atoms with Crippen LogP contribution in [-0.4, -0.2) is 22.0 Å². The van der Waals surface area contributed by atoms with Crippen LogP contribution in [0.3, 0.4) is 0 Å². The molecule has 0 saturated heterocycles. The number of carbonyl (C=O) groups is 2. The Balaban J connectivity index is 2.55. The zero-order valence-electron chi connectivity index (χ0n) is 5.78. The highest BCUT2D eigenvalue weighted by molar-refractivity contribution is 6.37. The van der Waals surface area contributed by atoms with E-state index in [0.29, 0.717) is 0 Å². The molecule has 4 nitrogen and oxygen atoms in total. The van der Waals surface area contributed by atoms with Gasteiger partial charge in [-0.2, -0.15) is 0 Å². The number of hydrogen-bond donors (Lipinski definition) is 2. The van der Waals surface area contributed by atoms with Gasteiger partial charge in [0, 0.05) is 12.0 Å². The molecule has 1 rings (SSSR count). The molecule has 0 radical (unpaired) electrons. The van der Waals surface area contributed by atoms with Gasteiger partial charge in [-0.1, -0.05) is 0 Å². The number of aliphatic hydroxyl groups is 1. The third-order valence-corrected chi connectivity index (χ3v) is 1.49. The highest BCUT2D eigenvalue weighted by Crippen LogP contribution is 2.34.